The maximum Gasteiger partial charge on any atom is 0.262 e. The van der Waals surface area contributed by atoms with Crippen molar-refractivity contribution in [2.45, 2.75) is 32.7 Å². The molecule has 0 bridgehead atoms. The Morgan fingerprint density at radius 1 is 1.10 bits per heavy atom. The average molecular weight is 416 g/mol. The van der Waals surface area contributed by atoms with Gasteiger partial charge in [-0.2, -0.15) is 0 Å². The molecule has 2 aromatic carbocycles. The highest BCUT2D eigenvalue weighted by molar-refractivity contribution is 6.30. The van der Waals surface area contributed by atoms with Gasteiger partial charge >= 0.3 is 0 Å². The second-order valence-electron chi connectivity index (χ2n) is 7.35. The van der Waals surface area contributed by atoms with Gasteiger partial charge in [0.2, 0.25) is 0 Å². The molecule has 0 spiro atoms. The largest absolute Gasteiger partial charge is 0.484 e. The van der Waals surface area contributed by atoms with E-state index in [9.17, 15) is 9.59 Å². The van der Waals surface area contributed by atoms with Crippen molar-refractivity contribution in [3.8, 4) is 5.75 Å². The first kappa shape index (κ1) is 21.0. The molecule has 0 aromatic heterocycles. The third-order valence-electron chi connectivity index (χ3n) is 4.58. The molecule has 1 aliphatic rings. The number of amides is 2. The van der Waals surface area contributed by atoms with Crippen LogP contribution < -0.4 is 20.3 Å². The summed E-state index contributed by atoms with van der Waals surface area (Å²) in [6.45, 7) is 5.58. The molecule has 2 aromatic rings. The van der Waals surface area contributed by atoms with Crippen molar-refractivity contribution >= 4 is 34.8 Å². The zero-order valence-electron chi connectivity index (χ0n) is 16.7. The third kappa shape index (κ3) is 5.87. The monoisotopic (exact) mass is 415 g/mol. The first-order chi connectivity index (χ1) is 13.9. The van der Waals surface area contributed by atoms with Crippen LogP contribution in [0.4, 0.5) is 11.4 Å². The Bertz CT molecular complexity index is 862. The van der Waals surface area contributed by atoms with E-state index in [1.54, 1.807) is 30.3 Å². The summed E-state index contributed by atoms with van der Waals surface area (Å²) >= 11 is 5.84. The maximum atomic E-state index is 12.7. The molecular formula is C22H26ClN3O3. The molecule has 1 fully saturated rings. The molecule has 154 valence electrons. The zero-order valence-corrected chi connectivity index (χ0v) is 17.5. The SMILES string of the molecule is CC(C)NC(=O)c1cc(NC(=O)COc2ccc(Cl)cc2)ccc1N1CCCC1. The number of anilines is 2. The lowest BCUT2D eigenvalue weighted by Gasteiger charge is -2.22. The highest BCUT2D eigenvalue weighted by Gasteiger charge is 2.21. The lowest BCUT2D eigenvalue weighted by Crippen LogP contribution is -2.32. The summed E-state index contributed by atoms with van der Waals surface area (Å²) in [5, 5.41) is 6.35. The predicted octanol–water partition coefficient (Wildman–Crippen LogP) is 4.10. The Kier molecular flexibility index (Phi) is 6.99. The van der Waals surface area contributed by atoms with Gasteiger partial charge in [-0.3, -0.25) is 9.59 Å². The van der Waals surface area contributed by atoms with Crippen LogP contribution in [0, 0.1) is 0 Å². The van der Waals surface area contributed by atoms with E-state index in [1.165, 1.54) is 0 Å². The molecule has 1 heterocycles. The Hall–Kier alpha value is -2.73. The van der Waals surface area contributed by atoms with Gasteiger partial charge in [0.05, 0.1) is 5.56 Å². The Morgan fingerprint density at radius 2 is 1.79 bits per heavy atom. The number of nitrogens with one attached hydrogen (secondary N) is 2. The van der Waals surface area contributed by atoms with Crippen LogP contribution in [0.25, 0.3) is 0 Å². The minimum absolute atomic E-state index is 0.0277. The van der Waals surface area contributed by atoms with Crippen molar-refractivity contribution < 1.29 is 14.3 Å². The fourth-order valence-corrected chi connectivity index (χ4v) is 3.37. The van der Waals surface area contributed by atoms with Crippen molar-refractivity contribution in [2.24, 2.45) is 0 Å². The quantitative estimate of drug-likeness (QED) is 0.714. The minimum atomic E-state index is -0.302. The average Bonchev–Trinajstić information content (AvgIpc) is 3.21. The highest BCUT2D eigenvalue weighted by atomic mass is 35.5. The van der Waals surface area contributed by atoms with Gasteiger partial charge in [0.1, 0.15) is 5.75 Å². The number of hydrogen-bond donors (Lipinski definition) is 2. The fraction of sp³-hybridized carbons (Fsp3) is 0.364. The molecule has 0 saturated carbocycles. The van der Waals surface area contributed by atoms with Crippen LogP contribution in [0.15, 0.2) is 42.5 Å². The number of rotatable bonds is 7. The van der Waals surface area contributed by atoms with Crippen molar-refractivity contribution in [3.05, 3.63) is 53.1 Å². The normalized spacial score (nSPS) is 13.4. The van der Waals surface area contributed by atoms with Crippen molar-refractivity contribution in [2.75, 3.05) is 29.9 Å². The molecule has 0 radical (unpaired) electrons. The van der Waals surface area contributed by atoms with Gasteiger partial charge < -0.3 is 20.3 Å². The predicted molar refractivity (Wildman–Crippen MR) is 116 cm³/mol. The van der Waals surface area contributed by atoms with Gasteiger partial charge in [0, 0.05) is 35.5 Å². The molecule has 6 nitrogen and oxygen atoms in total. The van der Waals surface area contributed by atoms with Crippen LogP contribution >= 0.6 is 11.6 Å². The Labute approximate surface area is 176 Å². The summed E-state index contributed by atoms with van der Waals surface area (Å²) in [6.07, 6.45) is 2.23. The van der Waals surface area contributed by atoms with Gasteiger partial charge in [-0.1, -0.05) is 11.6 Å². The van der Waals surface area contributed by atoms with Gasteiger partial charge in [0.15, 0.2) is 6.61 Å². The lowest BCUT2D eigenvalue weighted by atomic mass is 10.1. The molecule has 29 heavy (non-hydrogen) atoms. The molecule has 2 amide bonds. The first-order valence-electron chi connectivity index (χ1n) is 9.80. The van der Waals surface area contributed by atoms with E-state index in [1.807, 2.05) is 26.0 Å². The van der Waals surface area contributed by atoms with E-state index < -0.39 is 0 Å². The summed E-state index contributed by atoms with van der Waals surface area (Å²) in [6, 6.07) is 12.3. The van der Waals surface area contributed by atoms with E-state index in [2.05, 4.69) is 15.5 Å². The molecule has 0 unspecified atom stereocenters. The van der Waals surface area contributed by atoms with Gasteiger partial charge in [-0.25, -0.2) is 0 Å². The van der Waals surface area contributed by atoms with Crippen LogP contribution in [0.1, 0.15) is 37.0 Å². The molecule has 1 aliphatic heterocycles. The summed E-state index contributed by atoms with van der Waals surface area (Å²) in [5.74, 6) is 0.116. The maximum absolute atomic E-state index is 12.7. The Morgan fingerprint density at radius 3 is 2.45 bits per heavy atom. The van der Waals surface area contributed by atoms with Crippen LogP contribution in [-0.4, -0.2) is 37.6 Å². The zero-order chi connectivity index (χ0) is 20.8. The summed E-state index contributed by atoms with van der Waals surface area (Å²) < 4.78 is 5.47. The van der Waals surface area contributed by atoms with Gasteiger partial charge in [-0.05, 0) is 69.2 Å². The van der Waals surface area contributed by atoms with E-state index >= 15 is 0 Å². The second kappa shape index (κ2) is 9.65. The number of carbonyl (C=O) groups excluding carboxylic acids is 2. The number of carbonyl (C=O) groups is 2. The van der Waals surface area contributed by atoms with Crippen LogP contribution in [0.3, 0.4) is 0 Å². The van der Waals surface area contributed by atoms with Crippen molar-refractivity contribution in [1.29, 1.82) is 0 Å². The minimum Gasteiger partial charge on any atom is -0.484 e. The highest BCUT2D eigenvalue weighted by Crippen LogP contribution is 2.27. The summed E-state index contributed by atoms with van der Waals surface area (Å²) in [7, 11) is 0. The second-order valence-corrected chi connectivity index (χ2v) is 7.78. The standard InChI is InChI=1S/C22H26ClN3O3/c1-15(2)24-22(28)19-13-17(7-10-20(19)26-11-3-4-12-26)25-21(27)14-29-18-8-5-16(23)6-9-18/h5-10,13,15H,3-4,11-12,14H2,1-2H3,(H,24,28)(H,25,27). The molecule has 2 N–H and O–H groups in total. The number of nitrogens with zero attached hydrogens (tertiary/aromatic N) is 1. The number of benzene rings is 2. The van der Waals surface area contributed by atoms with E-state index in [-0.39, 0.29) is 24.5 Å². The Balaban J connectivity index is 1.70. The number of hydrogen-bond acceptors (Lipinski definition) is 4. The lowest BCUT2D eigenvalue weighted by molar-refractivity contribution is -0.118. The molecule has 7 heteroatoms. The van der Waals surface area contributed by atoms with Crippen LogP contribution in [-0.2, 0) is 4.79 Å². The van der Waals surface area contributed by atoms with E-state index in [0.717, 1.165) is 31.6 Å². The molecule has 0 atom stereocenters. The number of ether oxygens (including phenoxy) is 1. The molecule has 0 aliphatic carbocycles. The third-order valence-corrected chi connectivity index (χ3v) is 4.83. The fourth-order valence-electron chi connectivity index (χ4n) is 3.25. The molecular weight excluding hydrogens is 390 g/mol. The van der Waals surface area contributed by atoms with Gasteiger partial charge in [0.25, 0.3) is 11.8 Å². The van der Waals surface area contributed by atoms with Crippen LogP contribution in [0.5, 0.6) is 5.75 Å². The van der Waals surface area contributed by atoms with Crippen molar-refractivity contribution in [3.63, 3.8) is 0 Å². The topological polar surface area (TPSA) is 70.7 Å². The van der Waals surface area contributed by atoms with Crippen LogP contribution in [0.2, 0.25) is 5.02 Å². The van der Waals surface area contributed by atoms with Crippen molar-refractivity contribution in [1.82, 2.24) is 5.32 Å². The van der Waals surface area contributed by atoms with E-state index in [4.69, 9.17) is 16.3 Å². The smallest absolute Gasteiger partial charge is 0.262 e. The number of halogens is 1. The molecule has 1 saturated heterocycles. The summed E-state index contributed by atoms with van der Waals surface area (Å²) in [5.41, 5.74) is 2.03. The van der Waals surface area contributed by atoms with Gasteiger partial charge in [-0.15, -0.1) is 0 Å². The summed E-state index contributed by atoms with van der Waals surface area (Å²) in [4.78, 5) is 27.2. The van der Waals surface area contributed by atoms with E-state index in [0.29, 0.717) is 22.0 Å². The first-order valence-corrected chi connectivity index (χ1v) is 10.2. The molecule has 3 rings (SSSR count).